The Morgan fingerprint density at radius 3 is 2.74 bits per heavy atom. The Labute approximate surface area is 135 Å². The van der Waals surface area contributed by atoms with Gasteiger partial charge in [0.15, 0.2) is 0 Å². The van der Waals surface area contributed by atoms with Crippen LogP contribution in [-0.2, 0) is 11.2 Å². The molecule has 5 nitrogen and oxygen atoms in total. The Morgan fingerprint density at radius 2 is 2.04 bits per heavy atom. The fraction of sp³-hybridized carbons (Fsp3) is 0.222. The number of nitrogens with zero attached hydrogens (tertiary/aromatic N) is 1. The third kappa shape index (κ3) is 4.75. The summed E-state index contributed by atoms with van der Waals surface area (Å²) in [7, 11) is 0. The van der Waals surface area contributed by atoms with Crippen LogP contribution in [0.1, 0.15) is 24.5 Å². The van der Waals surface area contributed by atoms with Gasteiger partial charge in [0.1, 0.15) is 5.75 Å². The monoisotopic (exact) mass is 309 g/mol. The van der Waals surface area contributed by atoms with E-state index in [2.05, 4.69) is 23.6 Å². The van der Waals surface area contributed by atoms with Crippen molar-refractivity contribution in [3.05, 3.63) is 53.6 Å². The van der Waals surface area contributed by atoms with Gasteiger partial charge in [-0.05, 0) is 42.3 Å². The highest BCUT2D eigenvalue weighted by Crippen LogP contribution is 2.23. The number of phenolic OH excluding ortho intramolecular Hbond substituents is 1. The first-order valence-electron chi connectivity index (χ1n) is 7.48. The lowest BCUT2D eigenvalue weighted by atomic mass is 10.1. The van der Waals surface area contributed by atoms with Gasteiger partial charge in [-0.2, -0.15) is 5.26 Å². The van der Waals surface area contributed by atoms with E-state index in [0.29, 0.717) is 11.3 Å². The first-order valence-corrected chi connectivity index (χ1v) is 7.48. The van der Waals surface area contributed by atoms with E-state index in [9.17, 15) is 9.90 Å². The molecule has 0 aliphatic heterocycles. The SMILES string of the molecule is CCCNc1ccc(C#N)cc1NC(=O)Cc1cccc(O)c1. The van der Waals surface area contributed by atoms with Crippen molar-refractivity contribution in [3.63, 3.8) is 0 Å². The summed E-state index contributed by atoms with van der Waals surface area (Å²) in [5.41, 5.74) is 2.58. The molecule has 0 aromatic heterocycles. The van der Waals surface area contributed by atoms with Crippen LogP contribution < -0.4 is 10.6 Å². The molecule has 3 N–H and O–H groups in total. The van der Waals surface area contributed by atoms with Gasteiger partial charge in [-0.3, -0.25) is 4.79 Å². The number of aromatic hydroxyl groups is 1. The molecule has 2 rings (SSSR count). The van der Waals surface area contributed by atoms with E-state index >= 15 is 0 Å². The third-order valence-electron chi connectivity index (χ3n) is 3.26. The largest absolute Gasteiger partial charge is 0.508 e. The van der Waals surface area contributed by atoms with Crippen LogP contribution in [0.3, 0.4) is 0 Å². The molecule has 0 radical (unpaired) electrons. The topological polar surface area (TPSA) is 85.2 Å². The van der Waals surface area contributed by atoms with Crippen molar-refractivity contribution in [2.75, 3.05) is 17.2 Å². The van der Waals surface area contributed by atoms with Crippen LogP contribution in [-0.4, -0.2) is 17.6 Å². The molecule has 0 unspecified atom stereocenters. The summed E-state index contributed by atoms with van der Waals surface area (Å²) in [4.78, 5) is 12.2. The molecule has 0 atom stereocenters. The molecule has 0 saturated heterocycles. The molecule has 118 valence electrons. The quantitative estimate of drug-likeness (QED) is 0.764. The van der Waals surface area contributed by atoms with E-state index < -0.39 is 0 Å². The molecule has 0 spiro atoms. The van der Waals surface area contributed by atoms with Crippen LogP contribution in [0.25, 0.3) is 0 Å². The normalized spacial score (nSPS) is 9.91. The molecule has 2 aromatic rings. The predicted octanol–water partition coefficient (Wildman–Crippen LogP) is 3.27. The summed E-state index contributed by atoms with van der Waals surface area (Å²) in [5, 5.41) is 24.5. The van der Waals surface area contributed by atoms with Gasteiger partial charge >= 0.3 is 0 Å². The molecule has 5 heteroatoms. The van der Waals surface area contributed by atoms with E-state index in [4.69, 9.17) is 5.26 Å². The maximum atomic E-state index is 12.2. The number of rotatable bonds is 6. The van der Waals surface area contributed by atoms with E-state index in [-0.39, 0.29) is 18.1 Å². The van der Waals surface area contributed by atoms with Gasteiger partial charge in [0.05, 0.1) is 29.4 Å². The Hall–Kier alpha value is -3.00. The molecule has 0 aliphatic carbocycles. The van der Waals surface area contributed by atoms with Crippen molar-refractivity contribution in [1.82, 2.24) is 0 Å². The maximum absolute atomic E-state index is 12.2. The average Bonchev–Trinajstić information content (AvgIpc) is 2.53. The second-order valence-electron chi connectivity index (χ2n) is 5.19. The van der Waals surface area contributed by atoms with Crippen LogP contribution >= 0.6 is 0 Å². The van der Waals surface area contributed by atoms with Gasteiger partial charge in [-0.25, -0.2) is 0 Å². The minimum Gasteiger partial charge on any atom is -0.508 e. The number of nitriles is 1. The highest BCUT2D eigenvalue weighted by atomic mass is 16.3. The van der Waals surface area contributed by atoms with Crippen molar-refractivity contribution in [2.24, 2.45) is 0 Å². The number of benzene rings is 2. The number of carbonyl (C=O) groups is 1. The van der Waals surface area contributed by atoms with Crippen LogP contribution in [0, 0.1) is 11.3 Å². The first-order chi connectivity index (χ1) is 11.1. The summed E-state index contributed by atoms with van der Waals surface area (Å²) in [5.74, 6) is -0.0719. The number of phenols is 1. The average molecular weight is 309 g/mol. The van der Waals surface area contributed by atoms with E-state index in [1.54, 1.807) is 42.5 Å². The molecule has 0 fully saturated rings. The molecular formula is C18H19N3O2. The first kappa shape index (κ1) is 16.4. The van der Waals surface area contributed by atoms with Crippen LogP contribution in [0.4, 0.5) is 11.4 Å². The fourth-order valence-electron chi connectivity index (χ4n) is 2.18. The molecule has 0 aliphatic rings. The number of carbonyl (C=O) groups excluding carboxylic acids is 1. The van der Waals surface area contributed by atoms with Crippen molar-refractivity contribution >= 4 is 17.3 Å². The number of hydrogen-bond acceptors (Lipinski definition) is 4. The van der Waals surface area contributed by atoms with E-state index in [1.165, 1.54) is 0 Å². The highest BCUT2D eigenvalue weighted by Gasteiger charge is 2.09. The lowest BCUT2D eigenvalue weighted by Gasteiger charge is -2.13. The van der Waals surface area contributed by atoms with Crippen molar-refractivity contribution in [1.29, 1.82) is 5.26 Å². The van der Waals surface area contributed by atoms with Gasteiger partial charge in [0.2, 0.25) is 5.91 Å². The van der Waals surface area contributed by atoms with Crippen LogP contribution in [0.15, 0.2) is 42.5 Å². The highest BCUT2D eigenvalue weighted by molar-refractivity contribution is 5.95. The summed E-state index contributed by atoms with van der Waals surface area (Å²) in [6.07, 6.45) is 1.11. The van der Waals surface area contributed by atoms with Gasteiger partial charge in [0, 0.05) is 6.54 Å². The minimum absolute atomic E-state index is 0.132. The summed E-state index contributed by atoms with van der Waals surface area (Å²) in [6, 6.07) is 13.8. The lowest BCUT2D eigenvalue weighted by molar-refractivity contribution is -0.115. The molecule has 0 bridgehead atoms. The zero-order chi connectivity index (χ0) is 16.7. The van der Waals surface area contributed by atoms with Gasteiger partial charge in [-0.15, -0.1) is 0 Å². The molecule has 1 amide bonds. The van der Waals surface area contributed by atoms with Gasteiger partial charge in [0.25, 0.3) is 0 Å². The van der Waals surface area contributed by atoms with Crippen LogP contribution in [0.2, 0.25) is 0 Å². The third-order valence-corrected chi connectivity index (χ3v) is 3.26. The van der Waals surface area contributed by atoms with Gasteiger partial charge < -0.3 is 15.7 Å². The smallest absolute Gasteiger partial charge is 0.228 e. The van der Waals surface area contributed by atoms with Gasteiger partial charge in [-0.1, -0.05) is 19.1 Å². The van der Waals surface area contributed by atoms with E-state index in [0.717, 1.165) is 24.2 Å². The Morgan fingerprint density at radius 1 is 1.22 bits per heavy atom. The standard InChI is InChI=1S/C18H19N3O2/c1-2-8-20-16-7-6-14(12-19)10-17(16)21-18(23)11-13-4-3-5-15(22)9-13/h3-7,9-10,20,22H,2,8,11H2,1H3,(H,21,23). The number of amides is 1. The lowest BCUT2D eigenvalue weighted by Crippen LogP contribution is -2.16. The zero-order valence-electron chi connectivity index (χ0n) is 13.0. The van der Waals surface area contributed by atoms with Crippen LogP contribution in [0.5, 0.6) is 5.75 Å². The molecule has 0 heterocycles. The summed E-state index contributed by atoms with van der Waals surface area (Å²) in [6.45, 7) is 2.83. The predicted molar refractivity (Wildman–Crippen MR) is 90.4 cm³/mol. The minimum atomic E-state index is -0.203. The molecule has 2 aromatic carbocycles. The number of anilines is 2. The fourth-order valence-corrected chi connectivity index (χ4v) is 2.18. The zero-order valence-corrected chi connectivity index (χ0v) is 13.0. The summed E-state index contributed by atoms with van der Waals surface area (Å²) < 4.78 is 0. The summed E-state index contributed by atoms with van der Waals surface area (Å²) >= 11 is 0. The number of hydrogen-bond donors (Lipinski definition) is 3. The second-order valence-corrected chi connectivity index (χ2v) is 5.19. The van der Waals surface area contributed by atoms with Crippen molar-refractivity contribution < 1.29 is 9.90 Å². The molecule has 0 saturated carbocycles. The maximum Gasteiger partial charge on any atom is 0.228 e. The Kier molecular flexibility index (Phi) is 5.59. The Bertz CT molecular complexity index is 735. The van der Waals surface area contributed by atoms with E-state index in [1.807, 2.05) is 0 Å². The molecule has 23 heavy (non-hydrogen) atoms. The number of nitrogens with one attached hydrogen (secondary N) is 2. The van der Waals surface area contributed by atoms with Crippen molar-refractivity contribution in [2.45, 2.75) is 19.8 Å². The van der Waals surface area contributed by atoms with Crippen molar-refractivity contribution in [3.8, 4) is 11.8 Å². The Balaban J connectivity index is 2.13. The molecular weight excluding hydrogens is 290 g/mol. The second kappa shape index (κ2) is 7.85.